The van der Waals surface area contributed by atoms with Gasteiger partial charge in [-0.15, -0.1) is 0 Å². The number of carbonyl (C=O) groups excluding carboxylic acids is 1. The number of fused-ring (bicyclic) bond motifs is 1. The van der Waals surface area contributed by atoms with Gasteiger partial charge in [-0.25, -0.2) is 0 Å². The highest BCUT2D eigenvalue weighted by atomic mass is 79.9. The molecule has 0 unspecified atom stereocenters. The fraction of sp³-hybridized carbons (Fsp3) is 0.462. The zero-order chi connectivity index (χ0) is 12.7. The van der Waals surface area contributed by atoms with Crippen molar-refractivity contribution in [1.82, 2.24) is 10.2 Å². The van der Waals surface area contributed by atoms with Crippen molar-refractivity contribution >= 4 is 33.4 Å². The lowest BCUT2D eigenvalue weighted by Gasteiger charge is -2.24. The molecule has 18 heavy (non-hydrogen) atoms. The summed E-state index contributed by atoms with van der Waals surface area (Å²) in [4.78, 5) is 14.5. The third-order valence-electron chi connectivity index (χ3n) is 3.86. The second kappa shape index (κ2) is 4.83. The molecule has 96 valence electrons. The van der Waals surface area contributed by atoms with E-state index in [1.807, 2.05) is 11.0 Å². The van der Waals surface area contributed by atoms with Crippen molar-refractivity contribution in [3.63, 3.8) is 0 Å². The van der Waals surface area contributed by atoms with Crippen LogP contribution in [0.25, 0.3) is 0 Å². The molecule has 1 N–H and O–H groups in total. The van der Waals surface area contributed by atoms with E-state index in [1.54, 1.807) is 12.1 Å². The maximum absolute atomic E-state index is 12.6. The van der Waals surface area contributed by atoms with Gasteiger partial charge in [0.15, 0.2) is 0 Å². The summed E-state index contributed by atoms with van der Waals surface area (Å²) >= 11 is 9.52. The highest BCUT2D eigenvalue weighted by Crippen LogP contribution is 2.30. The van der Waals surface area contributed by atoms with Crippen LogP contribution in [0, 0.1) is 5.92 Å². The van der Waals surface area contributed by atoms with Gasteiger partial charge in [-0.3, -0.25) is 4.79 Å². The minimum Gasteiger partial charge on any atom is -0.334 e. The smallest absolute Gasteiger partial charge is 0.255 e. The van der Waals surface area contributed by atoms with E-state index in [2.05, 4.69) is 21.2 Å². The molecule has 2 aliphatic heterocycles. The van der Waals surface area contributed by atoms with E-state index in [0.717, 1.165) is 30.5 Å². The zero-order valence-corrected chi connectivity index (χ0v) is 12.2. The molecule has 2 atom stereocenters. The molecule has 1 aromatic carbocycles. The molecule has 0 spiro atoms. The molecule has 2 aliphatic rings. The third-order valence-corrected chi connectivity index (χ3v) is 4.69. The van der Waals surface area contributed by atoms with E-state index in [-0.39, 0.29) is 5.91 Å². The third kappa shape index (κ3) is 2.06. The highest BCUT2D eigenvalue weighted by Gasteiger charge is 2.40. The molecule has 1 amide bonds. The maximum Gasteiger partial charge on any atom is 0.255 e. The van der Waals surface area contributed by atoms with Crippen molar-refractivity contribution in [2.24, 2.45) is 5.92 Å². The van der Waals surface area contributed by atoms with E-state index in [0.29, 0.717) is 22.5 Å². The number of hydrogen-bond acceptors (Lipinski definition) is 2. The molecule has 3 rings (SSSR count). The Bertz CT molecular complexity index is 494. The zero-order valence-electron chi connectivity index (χ0n) is 9.83. The molecule has 0 saturated carbocycles. The van der Waals surface area contributed by atoms with E-state index in [1.165, 1.54) is 0 Å². The fourth-order valence-corrected chi connectivity index (χ4v) is 3.48. The molecule has 0 radical (unpaired) electrons. The molecular formula is C13H14BrClN2O. The van der Waals surface area contributed by atoms with E-state index in [9.17, 15) is 4.79 Å². The lowest BCUT2D eigenvalue weighted by Crippen LogP contribution is -2.39. The Balaban J connectivity index is 1.88. The summed E-state index contributed by atoms with van der Waals surface area (Å²) in [6, 6.07) is 5.76. The van der Waals surface area contributed by atoms with Crippen LogP contribution in [0.2, 0.25) is 5.02 Å². The predicted octanol–water partition coefficient (Wildman–Crippen LogP) is 2.54. The van der Waals surface area contributed by atoms with Crippen LogP contribution in [0.15, 0.2) is 22.7 Å². The van der Waals surface area contributed by atoms with Crippen molar-refractivity contribution in [2.45, 2.75) is 12.5 Å². The molecule has 5 heteroatoms. The number of benzene rings is 1. The Morgan fingerprint density at radius 2 is 2.28 bits per heavy atom. The first kappa shape index (κ1) is 12.5. The number of nitrogens with one attached hydrogen (secondary N) is 1. The van der Waals surface area contributed by atoms with Crippen LogP contribution < -0.4 is 5.32 Å². The maximum atomic E-state index is 12.6. The van der Waals surface area contributed by atoms with Crippen LogP contribution in [-0.4, -0.2) is 36.5 Å². The van der Waals surface area contributed by atoms with Gasteiger partial charge in [0.05, 0.1) is 10.6 Å². The number of hydrogen-bond donors (Lipinski definition) is 1. The van der Waals surface area contributed by atoms with E-state index < -0.39 is 0 Å². The Labute approximate surface area is 120 Å². The van der Waals surface area contributed by atoms with Gasteiger partial charge in [-0.1, -0.05) is 27.5 Å². The molecule has 0 aliphatic carbocycles. The van der Waals surface area contributed by atoms with Crippen LogP contribution >= 0.6 is 27.5 Å². The number of nitrogens with zero attached hydrogens (tertiary/aromatic N) is 1. The molecule has 2 saturated heterocycles. The van der Waals surface area contributed by atoms with Crippen LogP contribution in [0.3, 0.4) is 0 Å². The normalized spacial score (nSPS) is 26.4. The van der Waals surface area contributed by atoms with E-state index in [4.69, 9.17) is 11.6 Å². The van der Waals surface area contributed by atoms with Gasteiger partial charge >= 0.3 is 0 Å². The molecule has 2 heterocycles. The number of carbonyl (C=O) groups is 1. The Kier molecular flexibility index (Phi) is 3.34. The lowest BCUT2D eigenvalue weighted by atomic mass is 10.0. The average molecular weight is 330 g/mol. The number of likely N-dealkylation sites (tertiary alicyclic amines) is 1. The van der Waals surface area contributed by atoms with Gasteiger partial charge in [0.1, 0.15) is 0 Å². The van der Waals surface area contributed by atoms with Gasteiger partial charge < -0.3 is 10.2 Å². The predicted molar refractivity (Wildman–Crippen MR) is 75.0 cm³/mol. The second-order valence-corrected chi connectivity index (χ2v) is 6.22. The van der Waals surface area contributed by atoms with Gasteiger partial charge in [-0.2, -0.15) is 0 Å². The number of rotatable bonds is 1. The standard InChI is InChI=1S/C13H14BrClN2O/c14-9-1-2-11(15)10(5-9)13(18)17-4-3-8-6-16-7-12(8)17/h1-2,5,8,12,16H,3-4,6-7H2/t8-,12+/m1/s1. The molecule has 1 aromatic rings. The summed E-state index contributed by atoms with van der Waals surface area (Å²) < 4.78 is 0.885. The summed E-state index contributed by atoms with van der Waals surface area (Å²) in [5.41, 5.74) is 0.596. The summed E-state index contributed by atoms with van der Waals surface area (Å²) in [6.45, 7) is 2.78. The molecule has 0 bridgehead atoms. The van der Waals surface area contributed by atoms with Gasteiger partial charge in [0.25, 0.3) is 5.91 Å². The van der Waals surface area contributed by atoms with Crippen LogP contribution in [-0.2, 0) is 0 Å². The summed E-state index contributed by atoms with van der Waals surface area (Å²) in [5, 5.41) is 3.88. The number of amides is 1. The average Bonchev–Trinajstić information content (AvgIpc) is 2.93. The Morgan fingerprint density at radius 1 is 1.44 bits per heavy atom. The van der Waals surface area contributed by atoms with Crippen LogP contribution in [0.1, 0.15) is 16.8 Å². The Morgan fingerprint density at radius 3 is 3.11 bits per heavy atom. The largest absolute Gasteiger partial charge is 0.334 e. The first-order valence-corrected chi connectivity index (χ1v) is 7.30. The lowest BCUT2D eigenvalue weighted by molar-refractivity contribution is 0.0737. The van der Waals surface area contributed by atoms with Crippen LogP contribution in [0.5, 0.6) is 0 Å². The van der Waals surface area contributed by atoms with Crippen molar-refractivity contribution in [3.05, 3.63) is 33.3 Å². The molecule has 3 nitrogen and oxygen atoms in total. The molecule has 2 fully saturated rings. The molecular weight excluding hydrogens is 316 g/mol. The first-order chi connectivity index (χ1) is 8.66. The first-order valence-electron chi connectivity index (χ1n) is 6.13. The second-order valence-electron chi connectivity index (χ2n) is 4.90. The quantitative estimate of drug-likeness (QED) is 0.859. The van der Waals surface area contributed by atoms with Crippen molar-refractivity contribution < 1.29 is 4.79 Å². The van der Waals surface area contributed by atoms with Gasteiger partial charge in [-0.05, 0) is 30.5 Å². The van der Waals surface area contributed by atoms with Crippen LogP contribution in [0.4, 0.5) is 0 Å². The fourth-order valence-electron chi connectivity index (χ4n) is 2.92. The number of halogens is 2. The van der Waals surface area contributed by atoms with E-state index >= 15 is 0 Å². The molecule has 0 aromatic heterocycles. The van der Waals surface area contributed by atoms with Crippen molar-refractivity contribution in [1.29, 1.82) is 0 Å². The summed E-state index contributed by atoms with van der Waals surface area (Å²) in [6.07, 6.45) is 1.09. The summed E-state index contributed by atoms with van der Waals surface area (Å²) in [5.74, 6) is 0.664. The topological polar surface area (TPSA) is 32.3 Å². The van der Waals surface area contributed by atoms with Crippen molar-refractivity contribution in [2.75, 3.05) is 19.6 Å². The van der Waals surface area contributed by atoms with Gasteiger partial charge in [0.2, 0.25) is 0 Å². The van der Waals surface area contributed by atoms with Gasteiger partial charge in [0, 0.05) is 30.1 Å². The SMILES string of the molecule is O=C(c1cc(Br)ccc1Cl)N1CC[C@@H]2CNC[C@@H]21. The monoisotopic (exact) mass is 328 g/mol. The van der Waals surface area contributed by atoms with Crippen molar-refractivity contribution in [3.8, 4) is 0 Å². The minimum atomic E-state index is 0.0532. The highest BCUT2D eigenvalue weighted by molar-refractivity contribution is 9.10. The summed E-state index contributed by atoms with van der Waals surface area (Å²) in [7, 11) is 0. The Hall–Kier alpha value is -0.580. The minimum absolute atomic E-state index is 0.0532.